The number of hydrogen-bond donors (Lipinski definition) is 2. The maximum Gasteiger partial charge on any atom is 0.408 e. The first-order valence-corrected chi connectivity index (χ1v) is 18.7. The molecule has 4 rings (SSSR count). The number of rotatable bonds is 10. The van der Waals surface area contributed by atoms with E-state index in [0.29, 0.717) is 36.3 Å². The Morgan fingerprint density at radius 1 is 0.800 bits per heavy atom. The molecule has 0 aliphatic heterocycles. The molecule has 7 atom stereocenters. The Balaban J connectivity index is 1.42. The SMILES string of the molecule is CC(C)C[C@H](NC(=O)OC(C)(C)C)C(=O)Oc1ccc2c(c1)CCC1C2CC[C@@]2(C)C1CC[C@@H]2OC(=O)[C@@H](CC(C)C)NC(=O)OC(C)(C)C. The van der Waals surface area contributed by atoms with Gasteiger partial charge in [-0.2, -0.15) is 0 Å². The van der Waals surface area contributed by atoms with Crippen LogP contribution in [0.1, 0.15) is 138 Å². The summed E-state index contributed by atoms with van der Waals surface area (Å²) in [6.45, 7) is 21.1. The molecule has 0 bridgehead atoms. The summed E-state index contributed by atoms with van der Waals surface area (Å²) in [7, 11) is 0. The number of alkyl carbamates (subject to hydrolysis) is 2. The Labute approximate surface area is 299 Å². The molecule has 2 N–H and O–H groups in total. The van der Waals surface area contributed by atoms with Gasteiger partial charge >= 0.3 is 24.1 Å². The molecule has 0 heterocycles. The van der Waals surface area contributed by atoms with Crippen LogP contribution in [0, 0.1) is 29.1 Å². The third-order valence-corrected chi connectivity index (χ3v) is 10.5. The van der Waals surface area contributed by atoms with E-state index >= 15 is 0 Å². The van der Waals surface area contributed by atoms with Crippen molar-refractivity contribution in [2.24, 2.45) is 29.1 Å². The average molecular weight is 699 g/mol. The predicted molar refractivity (Wildman–Crippen MR) is 192 cm³/mol. The second-order valence-electron chi connectivity index (χ2n) is 17.9. The summed E-state index contributed by atoms with van der Waals surface area (Å²) < 4.78 is 23.0. The lowest BCUT2D eigenvalue weighted by Gasteiger charge is -2.50. The maximum atomic E-state index is 13.6. The molecule has 2 fully saturated rings. The zero-order valence-corrected chi connectivity index (χ0v) is 32.3. The molecule has 2 saturated carbocycles. The van der Waals surface area contributed by atoms with Crippen LogP contribution in [0.4, 0.5) is 9.59 Å². The monoisotopic (exact) mass is 698 g/mol. The number of aryl methyl sites for hydroxylation is 1. The fourth-order valence-corrected chi connectivity index (χ4v) is 8.45. The molecule has 3 aliphatic carbocycles. The highest BCUT2D eigenvalue weighted by molar-refractivity contribution is 5.83. The first-order chi connectivity index (χ1) is 23.1. The van der Waals surface area contributed by atoms with Gasteiger partial charge in [-0.1, -0.05) is 40.7 Å². The number of nitrogens with one attached hydrogen (secondary N) is 2. The van der Waals surface area contributed by atoms with Crippen LogP contribution >= 0.6 is 0 Å². The fourth-order valence-electron chi connectivity index (χ4n) is 8.45. The second kappa shape index (κ2) is 15.5. The molecule has 3 aliphatic rings. The minimum atomic E-state index is -0.820. The summed E-state index contributed by atoms with van der Waals surface area (Å²) in [5.74, 6) is 1.22. The van der Waals surface area contributed by atoms with Gasteiger partial charge in [0.2, 0.25) is 0 Å². The topological polar surface area (TPSA) is 129 Å². The van der Waals surface area contributed by atoms with Crippen LogP contribution in [0.3, 0.4) is 0 Å². The van der Waals surface area contributed by atoms with Gasteiger partial charge in [-0.25, -0.2) is 19.2 Å². The van der Waals surface area contributed by atoms with Gasteiger partial charge in [-0.3, -0.25) is 0 Å². The van der Waals surface area contributed by atoms with E-state index in [2.05, 4.69) is 23.6 Å². The number of hydrogen-bond acceptors (Lipinski definition) is 8. The quantitative estimate of drug-likeness (QED) is 0.142. The van der Waals surface area contributed by atoms with Crippen LogP contribution in [0.25, 0.3) is 0 Å². The Morgan fingerprint density at radius 3 is 1.90 bits per heavy atom. The van der Waals surface area contributed by atoms with Gasteiger partial charge < -0.3 is 29.6 Å². The number of fused-ring (bicyclic) bond motifs is 5. The third kappa shape index (κ3) is 10.2. The largest absolute Gasteiger partial charge is 0.460 e. The minimum absolute atomic E-state index is 0.134. The van der Waals surface area contributed by atoms with Crippen molar-refractivity contribution in [2.75, 3.05) is 0 Å². The molecule has 0 radical (unpaired) electrons. The summed E-state index contributed by atoms with van der Waals surface area (Å²) in [5.41, 5.74) is 1.04. The Morgan fingerprint density at radius 2 is 1.36 bits per heavy atom. The summed E-state index contributed by atoms with van der Waals surface area (Å²) in [6, 6.07) is 4.39. The van der Waals surface area contributed by atoms with Gasteiger partial charge in [-0.15, -0.1) is 0 Å². The van der Waals surface area contributed by atoms with Crippen molar-refractivity contribution in [3.63, 3.8) is 0 Å². The summed E-state index contributed by atoms with van der Waals surface area (Å²) in [4.78, 5) is 51.9. The molecule has 0 saturated heterocycles. The number of benzene rings is 1. The average Bonchev–Trinajstić information content (AvgIpc) is 3.29. The smallest absolute Gasteiger partial charge is 0.408 e. The van der Waals surface area contributed by atoms with Gasteiger partial charge in [0, 0.05) is 5.41 Å². The maximum absolute atomic E-state index is 13.6. The lowest BCUT2D eigenvalue weighted by atomic mass is 9.55. The Kier molecular flexibility index (Phi) is 12.3. The molecule has 1 aromatic rings. The lowest BCUT2D eigenvalue weighted by molar-refractivity contribution is -0.160. The van der Waals surface area contributed by atoms with Gasteiger partial charge in [0.1, 0.15) is 35.1 Å². The Hall–Kier alpha value is -3.30. The lowest BCUT2D eigenvalue weighted by Crippen LogP contribution is -2.49. The van der Waals surface area contributed by atoms with Crippen molar-refractivity contribution in [1.29, 1.82) is 0 Å². The zero-order chi connectivity index (χ0) is 37.2. The number of carbonyl (C=O) groups is 4. The highest BCUT2D eigenvalue weighted by atomic mass is 16.6. The summed E-state index contributed by atoms with van der Waals surface area (Å²) in [5, 5.41) is 5.48. The molecule has 50 heavy (non-hydrogen) atoms. The van der Waals surface area contributed by atoms with E-state index in [9.17, 15) is 19.2 Å². The molecule has 10 nitrogen and oxygen atoms in total. The second-order valence-corrected chi connectivity index (χ2v) is 17.9. The van der Waals surface area contributed by atoms with Crippen molar-refractivity contribution < 1.29 is 38.1 Å². The summed E-state index contributed by atoms with van der Waals surface area (Å²) >= 11 is 0. The molecular weight excluding hydrogens is 636 g/mol. The predicted octanol–water partition coefficient (Wildman–Crippen LogP) is 8.24. The van der Waals surface area contributed by atoms with Crippen LogP contribution in [-0.4, -0.2) is 53.5 Å². The van der Waals surface area contributed by atoms with E-state index in [0.717, 1.165) is 38.5 Å². The van der Waals surface area contributed by atoms with E-state index in [1.165, 1.54) is 11.1 Å². The number of amides is 2. The van der Waals surface area contributed by atoms with Gasteiger partial charge in [0.25, 0.3) is 0 Å². The van der Waals surface area contributed by atoms with E-state index in [1.807, 2.05) is 39.8 Å². The summed E-state index contributed by atoms with van der Waals surface area (Å²) in [6.07, 6.45) is 5.08. The van der Waals surface area contributed by atoms with E-state index < -0.39 is 41.4 Å². The van der Waals surface area contributed by atoms with Gasteiger partial charge in [0.15, 0.2) is 0 Å². The van der Waals surface area contributed by atoms with Crippen molar-refractivity contribution in [1.82, 2.24) is 10.6 Å². The van der Waals surface area contributed by atoms with Crippen LogP contribution in [0.15, 0.2) is 18.2 Å². The van der Waals surface area contributed by atoms with Crippen molar-refractivity contribution in [3.8, 4) is 5.75 Å². The van der Waals surface area contributed by atoms with E-state index in [-0.39, 0.29) is 29.3 Å². The number of ether oxygens (including phenoxy) is 4. The third-order valence-electron chi connectivity index (χ3n) is 10.5. The Bertz CT molecular complexity index is 1390. The van der Waals surface area contributed by atoms with Crippen LogP contribution < -0.4 is 15.4 Å². The van der Waals surface area contributed by atoms with Crippen LogP contribution in [0.5, 0.6) is 5.75 Å². The van der Waals surface area contributed by atoms with Crippen molar-refractivity contribution in [3.05, 3.63) is 29.3 Å². The number of carbonyl (C=O) groups excluding carboxylic acids is 4. The highest BCUT2D eigenvalue weighted by Gasteiger charge is 2.56. The zero-order valence-electron chi connectivity index (χ0n) is 32.3. The first kappa shape index (κ1) is 39.5. The molecule has 0 spiro atoms. The molecule has 3 unspecified atom stereocenters. The van der Waals surface area contributed by atoms with E-state index in [4.69, 9.17) is 18.9 Å². The van der Waals surface area contributed by atoms with E-state index in [1.54, 1.807) is 41.5 Å². The molecule has 280 valence electrons. The molecule has 0 aromatic heterocycles. The first-order valence-electron chi connectivity index (χ1n) is 18.7. The standard InChI is InChI=1S/C40H62N2O8/c1-23(2)20-31(41-36(45)49-38(5,6)7)34(43)47-26-13-15-27-25(22-26)12-14-29-28(27)18-19-40(11)30(29)16-17-33(40)48-35(44)32(21-24(3)4)42-37(46)50-39(8,9)10/h13,15,22-24,28-33H,12,14,16-21H2,1-11H3,(H,41,45)(H,42,46)/t28?,29?,30?,31-,32+,33-,40-/m0/s1. The fraction of sp³-hybridized carbons (Fsp3) is 0.750. The van der Waals surface area contributed by atoms with Gasteiger partial charge in [-0.05, 0) is 146 Å². The molecule has 2 amide bonds. The molecule has 1 aromatic carbocycles. The molecular formula is C40H62N2O8. The molecule has 10 heteroatoms. The van der Waals surface area contributed by atoms with Gasteiger partial charge in [0.05, 0.1) is 0 Å². The van der Waals surface area contributed by atoms with Crippen molar-refractivity contribution in [2.45, 2.75) is 163 Å². The van der Waals surface area contributed by atoms with Crippen LogP contribution in [-0.2, 0) is 30.2 Å². The van der Waals surface area contributed by atoms with Crippen molar-refractivity contribution >= 4 is 24.1 Å². The number of esters is 2. The minimum Gasteiger partial charge on any atom is -0.460 e. The normalized spacial score (nSPS) is 25.8. The highest BCUT2D eigenvalue weighted by Crippen LogP contribution is 2.61. The van der Waals surface area contributed by atoms with Crippen LogP contribution in [0.2, 0.25) is 0 Å².